The van der Waals surface area contributed by atoms with E-state index in [1.807, 2.05) is 12.3 Å². The molecule has 2 aliphatic rings. The quantitative estimate of drug-likeness (QED) is 0.654. The van der Waals surface area contributed by atoms with Gasteiger partial charge in [0.05, 0.1) is 5.56 Å². The van der Waals surface area contributed by atoms with Gasteiger partial charge in [0, 0.05) is 54.7 Å². The van der Waals surface area contributed by atoms with Crippen LogP contribution in [0.2, 0.25) is 5.28 Å². The molecule has 0 saturated carbocycles. The monoisotopic (exact) mass is 432 g/mol. The van der Waals surface area contributed by atoms with Gasteiger partial charge in [-0.1, -0.05) is 37.3 Å². The molecule has 0 bridgehead atoms. The van der Waals surface area contributed by atoms with Crippen LogP contribution in [0.15, 0.2) is 35.3 Å². The van der Waals surface area contributed by atoms with Crippen molar-refractivity contribution >= 4 is 40.3 Å². The highest BCUT2D eigenvalue weighted by atomic mass is 35.5. The molecule has 29 heavy (non-hydrogen) atoms. The smallest absolute Gasteiger partial charge is 0.226 e. The third kappa shape index (κ3) is 4.60. The summed E-state index contributed by atoms with van der Waals surface area (Å²) < 4.78 is 11.8. The molecule has 1 saturated heterocycles. The lowest BCUT2D eigenvalue weighted by Gasteiger charge is -2.38. The van der Waals surface area contributed by atoms with Gasteiger partial charge < -0.3 is 4.90 Å². The zero-order valence-corrected chi connectivity index (χ0v) is 18.1. The highest BCUT2D eigenvalue weighted by Gasteiger charge is 2.28. The van der Waals surface area contributed by atoms with Crippen LogP contribution in [-0.2, 0) is 17.3 Å². The minimum absolute atomic E-state index is 0.224. The fraction of sp³-hybridized carbons (Fsp3) is 0.450. The van der Waals surface area contributed by atoms with E-state index in [1.54, 1.807) is 0 Å². The topological polar surface area (TPSA) is 64.9 Å². The van der Waals surface area contributed by atoms with Crippen LogP contribution in [0.4, 0.5) is 11.6 Å². The first kappa shape index (κ1) is 20.3. The van der Waals surface area contributed by atoms with Crippen LogP contribution in [0.3, 0.4) is 0 Å². The summed E-state index contributed by atoms with van der Waals surface area (Å²) in [6.07, 6.45) is 2.85. The Bertz CT molecular complexity index is 899. The normalized spacial score (nSPS) is 17.1. The number of fused-ring (bicyclic) bond motifs is 1. The van der Waals surface area contributed by atoms with Crippen LogP contribution < -0.4 is 9.91 Å². The minimum atomic E-state index is -0.752. The Morgan fingerprint density at radius 1 is 1.14 bits per heavy atom. The van der Waals surface area contributed by atoms with Crippen LogP contribution in [0, 0.1) is 0 Å². The van der Waals surface area contributed by atoms with Crippen molar-refractivity contribution in [2.24, 2.45) is 4.99 Å². The third-order valence-corrected chi connectivity index (χ3v) is 6.51. The Morgan fingerprint density at radius 3 is 2.59 bits per heavy atom. The summed E-state index contributed by atoms with van der Waals surface area (Å²) in [6, 6.07) is 10.4. The second kappa shape index (κ2) is 9.19. The largest absolute Gasteiger partial charge is 0.354 e. The summed E-state index contributed by atoms with van der Waals surface area (Å²) in [5, 5.41) is 4.59. The minimum Gasteiger partial charge on any atom is -0.354 e. The SMILES string of the molecule is CCCN(Cc1ccccc1)N1CN=Cc2c(N3CCS(=O)CC3)nc(Cl)nc21. The highest BCUT2D eigenvalue weighted by molar-refractivity contribution is 7.85. The van der Waals surface area contributed by atoms with Gasteiger partial charge in [-0.3, -0.25) is 14.2 Å². The van der Waals surface area contributed by atoms with E-state index in [0.29, 0.717) is 31.3 Å². The molecule has 7 nitrogen and oxygen atoms in total. The van der Waals surface area contributed by atoms with Crippen LogP contribution in [0.1, 0.15) is 24.5 Å². The molecule has 3 heterocycles. The fourth-order valence-corrected chi connectivity index (χ4v) is 4.87. The van der Waals surface area contributed by atoms with E-state index in [2.05, 4.69) is 61.1 Å². The molecule has 1 aromatic heterocycles. The van der Waals surface area contributed by atoms with E-state index in [-0.39, 0.29) is 5.28 Å². The number of hydrogen-bond donors (Lipinski definition) is 0. The van der Waals surface area contributed by atoms with Crippen LogP contribution >= 0.6 is 11.6 Å². The molecule has 4 rings (SSSR count). The van der Waals surface area contributed by atoms with Gasteiger partial charge in [-0.25, -0.2) is 5.01 Å². The maximum atomic E-state index is 11.8. The van der Waals surface area contributed by atoms with Crippen LogP contribution in [0.5, 0.6) is 0 Å². The first-order chi connectivity index (χ1) is 14.2. The first-order valence-electron chi connectivity index (χ1n) is 9.89. The highest BCUT2D eigenvalue weighted by Crippen LogP contribution is 2.31. The van der Waals surface area contributed by atoms with Gasteiger partial charge >= 0.3 is 0 Å². The third-order valence-electron chi connectivity index (χ3n) is 5.07. The second-order valence-electron chi connectivity index (χ2n) is 7.12. The molecule has 0 aliphatic carbocycles. The van der Waals surface area contributed by atoms with Gasteiger partial charge in [-0.2, -0.15) is 9.97 Å². The van der Waals surface area contributed by atoms with E-state index < -0.39 is 10.8 Å². The Balaban J connectivity index is 1.67. The molecule has 0 atom stereocenters. The Morgan fingerprint density at radius 2 is 1.86 bits per heavy atom. The number of rotatable bonds is 6. The molecule has 0 amide bonds. The van der Waals surface area contributed by atoms with Gasteiger partial charge in [0.25, 0.3) is 0 Å². The molecular formula is C20H25ClN6OS. The van der Waals surface area contributed by atoms with E-state index in [4.69, 9.17) is 11.6 Å². The van der Waals surface area contributed by atoms with Crippen molar-refractivity contribution in [2.45, 2.75) is 19.9 Å². The van der Waals surface area contributed by atoms with Crippen molar-refractivity contribution in [3.05, 3.63) is 46.7 Å². The van der Waals surface area contributed by atoms with Crippen molar-refractivity contribution < 1.29 is 4.21 Å². The molecule has 0 spiro atoms. The molecule has 1 aromatic carbocycles. The van der Waals surface area contributed by atoms with Crippen LogP contribution in [-0.4, -0.2) is 63.2 Å². The number of hydrogen-bond acceptors (Lipinski definition) is 7. The van der Waals surface area contributed by atoms with E-state index in [0.717, 1.165) is 36.7 Å². The van der Waals surface area contributed by atoms with Crippen molar-refractivity contribution in [3.63, 3.8) is 0 Å². The Labute approximate surface area is 178 Å². The van der Waals surface area contributed by atoms with Gasteiger partial charge in [0.1, 0.15) is 12.5 Å². The molecule has 1 fully saturated rings. The number of nitrogens with zero attached hydrogens (tertiary/aromatic N) is 6. The molecule has 154 valence electrons. The number of benzene rings is 1. The number of aromatic nitrogens is 2. The van der Waals surface area contributed by atoms with Crippen LogP contribution in [0.25, 0.3) is 0 Å². The summed E-state index contributed by atoms with van der Waals surface area (Å²) in [6.45, 7) is 5.70. The summed E-state index contributed by atoms with van der Waals surface area (Å²) >= 11 is 6.34. The number of halogens is 1. The van der Waals surface area contributed by atoms with Gasteiger partial charge in [0.15, 0.2) is 5.82 Å². The predicted molar refractivity (Wildman–Crippen MR) is 119 cm³/mol. The van der Waals surface area contributed by atoms with Crippen molar-refractivity contribution in [1.82, 2.24) is 15.0 Å². The van der Waals surface area contributed by atoms with Gasteiger partial charge in [0.2, 0.25) is 5.28 Å². The summed E-state index contributed by atoms with van der Waals surface area (Å²) in [5.41, 5.74) is 2.11. The molecule has 0 unspecified atom stereocenters. The lowest BCUT2D eigenvalue weighted by atomic mass is 10.2. The molecular weight excluding hydrogens is 408 g/mol. The second-order valence-corrected chi connectivity index (χ2v) is 9.15. The molecule has 0 N–H and O–H groups in total. The first-order valence-corrected chi connectivity index (χ1v) is 11.8. The molecule has 0 radical (unpaired) electrons. The maximum absolute atomic E-state index is 11.8. The van der Waals surface area contributed by atoms with E-state index in [1.165, 1.54) is 5.56 Å². The standard InChI is InChI=1S/C20H25ClN6OS/c1-2-8-26(14-16-6-4-3-5-7-16)27-15-22-13-17-18(23-20(21)24-19(17)27)25-9-11-29(28)12-10-25/h3-7,13H,2,8-12,14-15H2,1H3. The van der Waals surface area contributed by atoms with Crippen molar-refractivity contribution in [1.29, 1.82) is 0 Å². The van der Waals surface area contributed by atoms with E-state index >= 15 is 0 Å². The van der Waals surface area contributed by atoms with Crippen molar-refractivity contribution in [2.75, 3.05) is 47.7 Å². The van der Waals surface area contributed by atoms with Gasteiger partial charge in [-0.05, 0) is 23.6 Å². The summed E-state index contributed by atoms with van der Waals surface area (Å²) in [5.74, 6) is 2.85. The lowest BCUT2D eigenvalue weighted by Crippen LogP contribution is -2.46. The number of aliphatic imine (C=N–C) groups is 1. The zero-order valence-electron chi connectivity index (χ0n) is 16.5. The lowest BCUT2D eigenvalue weighted by molar-refractivity contribution is 0.239. The Kier molecular flexibility index (Phi) is 6.42. The zero-order chi connectivity index (χ0) is 20.2. The Hall–Kier alpha value is -2.03. The molecule has 2 aromatic rings. The summed E-state index contributed by atoms with van der Waals surface area (Å²) in [4.78, 5) is 15.8. The molecule has 9 heteroatoms. The molecule has 2 aliphatic heterocycles. The van der Waals surface area contributed by atoms with Crippen molar-refractivity contribution in [3.8, 4) is 0 Å². The number of anilines is 2. The predicted octanol–water partition coefficient (Wildman–Crippen LogP) is 2.72. The summed E-state index contributed by atoms with van der Waals surface area (Å²) in [7, 11) is -0.752. The average Bonchev–Trinajstić information content (AvgIpc) is 2.74. The average molecular weight is 433 g/mol. The number of hydrazine groups is 1. The van der Waals surface area contributed by atoms with Gasteiger partial charge in [-0.15, -0.1) is 0 Å². The maximum Gasteiger partial charge on any atom is 0.226 e. The van der Waals surface area contributed by atoms with E-state index in [9.17, 15) is 4.21 Å². The fourth-order valence-electron chi connectivity index (χ4n) is 3.66.